The predicted molar refractivity (Wildman–Crippen MR) is 135 cm³/mol. The van der Waals surface area contributed by atoms with Gasteiger partial charge >= 0.3 is 0 Å². The lowest BCUT2D eigenvalue weighted by Crippen LogP contribution is -2.55. The van der Waals surface area contributed by atoms with Crippen molar-refractivity contribution in [2.45, 2.75) is 18.9 Å². The van der Waals surface area contributed by atoms with Crippen molar-refractivity contribution in [1.82, 2.24) is 10.2 Å². The second kappa shape index (κ2) is 8.77. The number of phenols is 1. The molecule has 1 unspecified atom stereocenters. The summed E-state index contributed by atoms with van der Waals surface area (Å²) in [7, 11) is 0. The molecular formula is C27H28ClN3O3. The first-order valence-corrected chi connectivity index (χ1v) is 12.4. The van der Waals surface area contributed by atoms with Crippen LogP contribution in [-0.2, 0) is 4.79 Å². The van der Waals surface area contributed by atoms with Gasteiger partial charge in [0.1, 0.15) is 11.5 Å². The number of ether oxygens (including phenoxy) is 1. The fourth-order valence-electron chi connectivity index (χ4n) is 5.31. The standard InChI is InChI=1S/C27H28ClN3O3/c28-23-12-24-25(11-22(23)21-10-19(32)9-18-5-1-2-6-20(18)21)34-26(16-30-7-3-4-8-30)27(33)31(24)15-17-13-29-14-17/h1-2,5-6,9-12,17,26,29,32H,3-4,7-8,13-16H2. The Bertz CT molecular complexity index is 1250. The van der Waals surface area contributed by atoms with E-state index in [9.17, 15) is 9.90 Å². The lowest BCUT2D eigenvalue weighted by atomic mass is 9.96. The Labute approximate surface area is 204 Å². The first kappa shape index (κ1) is 21.7. The highest BCUT2D eigenvalue weighted by atomic mass is 35.5. The molecule has 0 saturated carbocycles. The molecule has 1 atom stereocenters. The lowest BCUT2D eigenvalue weighted by Gasteiger charge is -2.39. The number of fused-ring (bicyclic) bond motifs is 2. The molecule has 7 heteroatoms. The molecule has 3 aliphatic heterocycles. The average Bonchev–Trinajstić information content (AvgIpc) is 3.31. The van der Waals surface area contributed by atoms with Gasteiger partial charge in [0, 0.05) is 37.7 Å². The minimum absolute atomic E-state index is 0.0120. The van der Waals surface area contributed by atoms with E-state index in [-0.39, 0.29) is 11.7 Å². The molecule has 3 aliphatic rings. The number of hydrogen-bond acceptors (Lipinski definition) is 5. The summed E-state index contributed by atoms with van der Waals surface area (Å²) in [5.41, 5.74) is 2.36. The Kier molecular flexibility index (Phi) is 5.60. The van der Waals surface area contributed by atoms with Crippen molar-refractivity contribution in [3.63, 3.8) is 0 Å². The third kappa shape index (κ3) is 3.90. The van der Waals surface area contributed by atoms with Gasteiger partial charge < -0.3 is 20.1 Å². The maximum Gasteiger partial charge on any atom is 0.269 e. The van der Waals surface area contributed by atoms with Gasteiger partial charge in [-0.05, 0) is 66.5 Å². The summed E-state index contributed by atoms with van der Waals surface area (Å²) in [5, 5.41) is 16.1. The second-order valence-corrected chi connectivity index (χ2v) is 10.0. The number of likely N-dealkylation sites (tertiary alicyclic amines) is 1. The van der Waals surface area contributed by atoms with Crippen LogP contribution in [-0.4, -0.2) is 61.3 Å². The van der Waals surface area contributed by atoms with E-state index in [1.54, 1.807) is 12.1 Å². The number of nitrogens with zero attached hydrogens (tertiary/aromatic N) is 2. The van der Waals surface area contributed by atoms with Crippen LogP contribution in [0, 0.1) is 5.92 Å². The second-order valence-electron chi connectivity index (χ2n) is 9.60. The highest BCUT2D eigenvalue weighted by Crippen LogP contribution is 2.44. The Hall–Kier alpha value is -2.80. The van der Waals surface area contributed by atoms with Crippen LogP contribution in [0.3, 0.4) is 0 Å². The van der Waals surface area contributed by atoms with Gasteiger partial charge in [0.15, 0.2) is 6.10 Å². The van der Waals surface area contributed by atoms with Gasteiger partial charge in [-0.1, -0.05) is 35.9 Å². The number of rotatable bonds is 5. The number of anilines is 1. The zero-order valence-corrected chi connectivity index (χ0v) is 19.7. The Morgan fingerprint density at radius 3 is 2.59 bits per heavy atom. The van der Waals surface area contributed by atoms with Crippen LogP contribution >= 0.6 is 11.6 Å². The number of phenolic OH excluding ortho intramolecular Hbond substituents is 1. The van der Waals surface area contributed by atoms with Gasteiger partial charge in [-0.2, -0.15) is 0 Å². The van der Waals surface area contributed by atoms with Crippen molar-refractivity contribution in [2.75, 3.05) is 44.2 Å². The van der Waals surface area contributed by atoms with Gasteiger partial charge in [0.2, 0.25) is 0 Å². The molecule has 3 aromatic rings. The summed E-state index contributed by atoms with van der Waals surface area (Å²) in [4.78, 5) is 17.7. The molecule has 2 fully saturated rings. The van der Waals surface area contributed by atoms with Gasteiger partial charge in [-0.15, -0.1) is 0 Å². The van der Waals surface area contributed by atoms with Gasteiger partial charge in [-0.25, -0.2) is 0 Å². The van der Waals surface area contributed by atoms with Crippen LogP contribution < -0.4 is 15.0 Å². The predicted octanol–water partition coefficient (Wildman–Crippen LogP) is 4.28. The number of hydrogen-bond donors (Lipinski definition) is 2. The molecule has 2 N–H and O–H groups in total. The average molecular weight is 478 g/mol. The van der Waals surface area contributed by atoms with Crippen molar-refractivity contribution < 1.29 is 14.6 Å². The summed E-state index contributed by atoms with van der Waals surface area (Å²) in [6, 6.07) is 15.2. The monoisotopic (exact) mass is 477 g/mol. The van der Waals surface area contributed by atoms with Crippen LogP contribution in [0.25, 0.3) is 21.9 Å². The van der Waals surface area contributed by atoms with E-state index in [0.29, 0.717) is 29.8 Å². The number of amides is 1. The van der Waals surface area contributed by atoms with E-state index in [4.69, 9.17) is 16.3 Å². The molecule has 3 heterocycles. The summed E-state index contributed by atoms with van der Waals surface area (Å²) in [5.74, 6) is 1.29. The van der Waals surface area contributed by atoms with Crippen LogP contribution in [0.5, 0.6) is 11.5 Å². The van der Waals surface area contributed by atoms with Crippen molar-refractivity contribution in [1.29, 1.82) is 0 Å². The maximum absolute atomic E-state index is 13.5. The molecule has 0 aromatic heterocycles. The van der Waals surface area contributed by atoms with Gasteiger partial charge in [0.25, 0.3) is 5.91 Å². The van der Waals surface area contributed by atoms with E-state index in [1.165, 1.54) is 12.8 Å². The van der Waals surface area contributed by atoms with Crippen LogP contribution in [0.2, 0.25) is 5.02 Å². The summed E-state index contributed by atoms with van der Waals surface area (Å²) in [6.07, 6.45) is 1.80. The highest BCUT2D eigenvalue weighted by Gasteiger charge is 2.38. The Morgan fingerprint density at radius 1 is 1.03 bits per heavy atom. The van der Waals surface area contributed by atoms with Crippen molar-refractivity contribution in [2.24, 2.45) is 5.92 Å². The van der Waals surface area contributed by atoms with Crippen LogP contribution in [0.1, 0.15) is 12.8 Å². The highest BCUT2D eigenvalue weighted by molar-refractivity contribution is 6.34. The van der Waals surface area contributed by atoms with E-state index in [0.717, 1.165) is 53.8 Å². The molecule has 0 radical (unpaired) electrons. The number of carbonyl (C=O) groups is 1. The van der Waals surface area contributed by atoms with Crippen molar-refractivity contribution >= 4 is 34.0 Å². The number of aromatic hydroxyl groups is 1. The van der Waals surface area contributed by atoms with E-state index >= 15 is 0 Å². The molecular weight excluding hydrogens is 450 g/mol. The lowest BCUT2D eigenvalue weighted by molar-refractivity contribution is -0.127. The minimum Gasteiger partial charge on any atom is -0.508 e. The Balaban J connectivity index is 1.43. The first-order valence-electron chi connectivity index (χ1n) is 12.0. The normalized spacial score (nSPS) is 20.9. The fourth-order valence-corrected chi connectivity index (χ4v) is 5.57. The number of nitrogens with one attached hydrogen (secondary N) is 1. The summed E-state index contributed by atoms with van der Waals surface area (Å²) in [6.45, 7) is 5.10. The molecule has 176 valence electrons. The zero-order valence-electron chi connectivity index (χ0n) is 19.0. The molecule has 0 aliphatic carbocycles. The molecule has 6 rings (SSSR count). The molecule has 3 aromatic carbocycles. The zero-order chi connectivity index (χ0) is 23.2. The summed E-state index contributed by atoms with van der Waals surface area (Å²) < 4.78 is 6.36. The Morgan fingerprint density at radius 2 is 1.82 bits per heavy atom. The number of halogens is 1. The minimum atomic E-state index is -0.534. The molecule has 2 saturated heterocycles. The molecule has 6 nitrogen and oxygen atoms in total. The quantitative estimate of drug-likeness (QED) is 0.574. The first-order chi connectivity index (χ1) is 16.6. The number of benzene rings is 3. The van der Waals surface area contributed by atoms with E-state index < -0.39 is 6.10 Å². The third-order valence-corrected chi connectivity index (χ3v) is 7.53. The topological polar surface area (TPSA) is 65.0 Å². The van der Waals surface area contributed by atoms with E-state index in [2.05, 4.69) is 10.2 Å². The number of carbonyl (C=O) groups excluding carboxylic acids is 1. The van der Waals surface area contributed by atoms with Crippen molar-refractivity contribution in [3.05, 3.63) is 53.6 Å². The summed E-state index contributed by atoms with van der Waals surface area (Å²) >= 11 is 6.82. The molecule has 34 heavy (non-hydrogen) atoms. The van der Waals surface area contributed by atoms with Crippen molar-refractivity contribution in [3.8, 4) is 22.6 Å². The molecule has 0 spiro atoms. The molecule has 0 bridgehead atoms. The smallest absolute Gasteiger partial charge is 0.269 e. The molecule has 1 amide bonds. The largest absolute Gasteiger partial charge is 0.508 e. The SMILES string of the molecule is O=C1C(CN2CCCC2)Oc2cc(-c3cc(O)cc4ccccc34)c(Cl)cc2N1CC1CNC1. The van der Waals surface area contributed by atoms with Gasteiger partial charge in [0.05, 0.1) is 10.7 Å². The maximum atomic E-state index is 13.5. The van der Waals surface area contributed by atoms with Crippen LogP contribution in [0.4, 0.5) is 5.69 Å². The van der Waals surface area contributed by atoms with Crippen LogP contribution in [0.15, 0.2) is 48.5 Å². The van der Waals surface area contributed by atoms with Gasteiger partial charge in [-0.3, -0.25) is 9.69 Å². The third-order valence-electron chi connectivity index (χ3n) is 7.22. The van der Waals surface area contributed by atoms with E-state index in [1.807, 2.05) is 41.3 Å². The fraction of sp³-hybridized carbons (Fsp3) is 0.370.